The molecule has 0 atom stereocenters. The van der Waals surface area contributed by atoms with Crippen molar-refractivity contribution in [3.63, 3.8) is 0 Å². The molecule has 0 fully saturated rings. The first-order valence-corrected chi connectivity index (χ1v) is 7.33. The van der Waals surface area contributed by atoms with E-state index in [9.17, 15) is 4.79 Å². The Morgan fingerprint density at radius 1 is 1.22 bits per heavy atom. The van der Waals surface area contributed by atoms with Crippen LogP contribution in [0.2, 0.25) is 0 Å². The fraction of sp³-hybridized carbons (Fsp3) is 0.118. The number of nitrogens with one attached hydrogen (secondary N) is 2. The second kappa shape index (κ2) is 5.57. The number of pyridine rings is 1. The van der Waals surface area contributed by atoms with Crippen LogP contribution in [-0.2, 0) is 6.42 Å². The van der Waals surface area contributed by atoms with Gasteiger partial charge >= 0.3 is 0 Å². The lowest BCUT2D eigenvalue weighted by molar-refractivity contribution is 0.102. The molecule has 1 amide bonds. The van der Waals surface area contributed by atoms with Crippen molar-refractivity contribution in [2.24, 2.45) is 0 Å². The monoisotopic (exact) mass is 306 g/mol. The minimum atomic E-state index is -0.184. The van der Waals surface area contributed by atoms with E-state index in [1.807, 2.05) is 30.3 Å². The third kappa shape index (κ3) is 2.66. The van der Waals surface area contributed by atoms with E-state index in [0.717, 1.165) is 23.4 Å². The zero-order valence-corrected chi connectivity index (χ0v) is 12.2. The molecular weight excluding hydrogens is 292 g/mol. The topological polar surface area (TPSA) is 79.9 Å². The number of ether oxygens (including phenoxy) is 1. The molecule has 4 rings (SSSR count). The van der Waals surface area contributed by atoms with Gasteiger partial charge in [0.15, 0.2) is 5.82 Å². The largest absolute Gasteiger partial charge is 0.493 e. The van der Waals surface area contributed by atoms with E-state index in [1.165, 1.54) is 0 Å². The molecule has 0 saturated carbocycles. The Labute approximate surface area is 132 Å². The summed E-state index contributed by atoms with van der Waals surface area (Å²) in [5.74, 6) is 1.83. The Kier molecular flexibility index (Phi) is 3.27. The number of amides is 1. The van der Waals surface area contributed by atoms with Crippen LogP contribution in [0.5, 0.6) is 5.75 Å². The summed E-state index contributed by atoms with van der Waals surface area (Å²) >= 11 is 0. The summed E-state index contributed by atoms with van der Waals surface area (Å²) in [6, 6.07) is 11.0. The third-order valence-corrected chi connectivity index (χ3v) is 3.68. The number of imidazole rings is 1. The second-order valence-corrected chi connectivity index (χ2v) is 5.24. The molecule has 6 nitrogen and oxygen atoms in total. The first kappa shape index (κ1) is 13.5. The van der Waals surface area contributed by atoms with Gasteiger partial charge in [0.05, 0.1) is 12.8 Å². The maximum absolute atomic E-state index is 12.3. The van der Waals surface area contributed by atoms with Gasteiger partial charge in [-0.1, -0.05) is 6.07 Å². The van der Waals surface area contributed by atoms with E-state index in [-0.39, 0.29) is 5.91 Å². The molecule has 0 bridgehead atoms. The molecule has 1 aliphatic rings. The summed E-state index contributed by atoms with van der Waals surface area (Å²) in [7, 11) is 0. The quantitative estimate of drug-likeness (QED) is 0.779. The van der Waals surface area contributed by atoms with Crippen molar-refractivity contribution < 1.29 is 9.53 Å². The van der Waals surface area contributed by atoms with E-state index in [1.54, 1.807) is 18.5 Å². The minimum absolute atomic E-state index is 0.184. The molecule has 23 heavy (non-hydrogen) atoms. The number of aromatic nitrogens is 3. The molecule has 0 spiro atoms. The van der Waals surface area contributed by atoms with Crippen molar-refractivity contribution in [2.75, 3.05) is 11.9 Å². The lowest BCUT2D eigenvalue weighted by Gasteiger charge is -2.04. The van der Waals surface area contributed by atoms with Crippen LogP contribution in [-0.4, -0.2) is 27.5 Å². The van der Waals surface area contributed by atoms with Crippen LogP contribution >= 0.6 is 0 Å². The first-order chi connectivity index (χ1) is 11.3. The number of benzene rings is 1. The average Bonchev–Trinajstić information content (AvgIpc) is 3.24. The number of hydrogen-bond acceptors (Lipinski definition) is 4. The Morgan fingerprint density at radius 3 is 3.04 bits per heavy atom. The smallest absolute Gasteiger partial charge is 0.256 e. The number of carbonyl (C=O) groups excluding carboxylic acids is 1. The lowest BCUT2D eigenvalue weighted by atomic mass is 10.1. The van der Waals surface area contributed by atoms with Crippen molar-refractivity contribution in [3.8, 4) is 17.3 Å². The molecule has 0 unspecified atom stereocenters. The normalized spacial score (nSPS) is 12.5. The molecule has 1 aliphatic heterocycles. The molecule has 6 heteroatoms. The van der Waals surface area contributed by atoms with Gasteiger partial charge in [-0.25, -0.2) is 4.98 Å². The van der Waals surface area contributed by atoms with E-state index < -0.39 is 0 Å². The Morgan fingerprint density at radius 2 is 2.17 bits per heavy atom. The fourth-order valence-corrected chi connectivity index (χ4v) is 2.54. The van der Waals surface area contributed by atoms with Crippen molar-refractivity contribution in [1.82, 2.24) is 15.0 Å². The van der Waals surface area contributed by atoms with Crippen molar-refractivity contribution in [2.45, 2.75) is 6.42 Å². The summed E-state index contributed by atoms with van der Waals surface area (Å²) in [6.45, 7) is 0.675. The highest BCUT2D eigenvalue weighted by molar-refractivity contribution is 6.04. The van der Waals surface area contributed by atoms with Crippen LogP contribution in [0.15, 0.2) is 48.8 Å². The van der Waals surface area contributed by atoms with Crippen molar-refractivity contribution >= 4 is 11.7 Å². The predicted molar refractivity (Wildman–Crippen MR) is 85.4 cm³/mol. The molecule has 1 aromatic carbocycles. The van der Waals surface area contributed by atoms with Gasteiger partial charge in [0.2, 0.25) is 0 Å². The maximum atomic E-state index is 12.3. The number of fused-ring (bicyclic) bond motifs is 1. The number of nitrogens with zero attached hydrogens (tertiary/aromatic N) is 2. The molecule has 0 saturated heterocycles. The first-order valence-electron chi connectivity index (χ1n) is 7.33. The van der Waals surface area contributed by atoms with Crippen LogP contribution in [0, 0.1) is 0 Å². The zero-order chi connectivity index (χ0) is 15.6. The van der Waals surface area contributed by atoms with Crippen LogP contribution in [0.25, 0.3) is 11.5 Å². The summed E-state index contributed by atoms with van der Waals surface area (Å²) in [4.78, 5) is 23.9. The van der Waals surface area contributed by atoms with Crippen LogP contribution in [0.3, 0.4) is 0 Å². The Bertz CT molecular complexity index is 858. The lowest BCUT2D eigenvalue weighted by Crippen LogP contribution is -2.12. The van der Waals surface area contributed by atoms with Crippen molar-refractivity contribution in [1.29, 1.82) is 0 Å². The summed E-state index contributed by atoms with van der Waals surface area (Å²) in [6.07, 6.45) is 4.12. The molecule has 2 aromatic heterocycles. The number of hydrogen-bond donors (Lipinski definition) is 2. The Balaban J connectivity index is 1.52. The van der Waals surface area contributed by atoms with Gasteiger partial charge < -0.3 is 15.0 Å². The highest BCUT2D eigenvalue weighted by Crippen LogP contribution is 2.26. The number of carbonyl (C=O) groups is 1. The molecule has 3 heterocycles. The van der Waals surface area contributed by atoms with Gasteiger partial charge in [0, 0.05) is 18.2 Å². The van der Waals surface area contributed by atoms with Crippen LogP contribution < -0.4 is 10.1 Å². The van der Waals surface area contributed by atoms with E-state index in [0.29, 0.717) is 23.8 Å². The number of anilines is 1. The molecule has 114 valence electrons. The van der Waals surface area contributed by atoms with E-state index in [4.69, 9.17) is 4.74 Å². The zero-order valence-electron chi connectivity index (χ0n) is 12.2. The highest BCUT2D eigenvalue weighted by Gasteiger charge is 2.15. The van der Waals surface area contributed by atoms with E-state index >= 15 is 0 Å². The summed E-state index contributed by atoms with van der Waals surface area (Å²) < 4.78 is 5.45. The highest BCUT2D eigenvalue weighted by atomic mass is 16.5. The van der Waals surface area contributed by atoms with Gasteiger partial charge in [-0.2, -0.15) is 0 Å². The van der Waals surface area contributed by atoms with Gasteiger partial charge in [0.1, 0.15) is 17.3 Å². The average molecular weight is 306 g/mol. The molecule has 0 radical (unpaired) electrons. The Hall–Kier alpha value is -3.15. The summed E-state index contributed by atoms with van der Waals surface area (Å²) in [5, 5.41) is 2.81. The fourth-order valence-electron chi connectivity index (χ4n) is 2.54. The molecular formula is C17H14N4O2. The molecule has 3 aromatic rings. The van der Waals surface area contributed by atoms with Gasteiger partial charge in [-0.05, 0) is 35.9 Å². The van der Waals surface area contributed by atoms with Gasteiger partial charge in [0.25, 0.3) is 5.91 Å². The van der Waals surface area contributed by atoms with Crippen molar-refractivity contribution in [3.05, 3.63) is 59.9 Å². The minimum Gasteiger partial charge on any atom is -0.493 e. The van der Waals surface area contributed by atoms with Gasteiger partial charge in [-0.3, -0.25) is 9.78 Å². The number of H-pyrrole nitrogens is 1. The van der Waals surface area contributed by atoms with E-state index in [2.05, 4.69) is 20.3 Å². The third-order valence-electron chi connectivity index (χ3n) is 3.68. The SMILES string of the molecule is O=C(Nc1cnc(-c2ccccn2)[nH]1)c1ccc2c(c1)CCO2. The van der Waals surface area contributed by atoms with Crippen LogP contribution in [0.1, 0.15) is 15.9 Å². The predicted octanol–water partition coefficient (Wildman–Crippen LogP) is 2.66. The standard InChI is InChI=1S/C17H14N4O2/c22-17(12-4-5-14-11(9-12)6-8-23-14)21-15-10-19-16(20-15)13-3-1-2-7-18-13/h1-5,7,9-10H,6,8H2,(H,19,20)(H,21,22). The van der Waals surface area contributed by atoms with Crippen LogP contribution in [0.4, 0.5) is 5.82 Å². The number of rotatable bonds is 3. The number of aromatic amines is 1. The second-order valence-electron chi connectivity index (χ2n) is 5.24. The van der Waals surface area contributed by atoms with Gasteiger partial charge in [-0.15, -0.1) is 0 Å². The summed E-state index contributed by atoms with van der Waals surface area (Å²) in [5.41, 5.74) is 2.39. The molecule has 2 N–H and O–H groups in total. The maximum Gasteiger partial charge on any atom is 0.256 e. The molecule has 0 aliphatic carbocycles.